The first-order chi connectivity index (χ1) is 15.0. The number of carbonyl (C=O) groups is 1. The number of aromatic nitrogens is 3. The largest absolute Gasteiger partial charge is 0.493 e. The van der Waals surface area contributed by atoms with Gasteiger partial charge >= 0.3 is 6.61 Å². The number of nitrogens with one attached hydrogen (secondary N) is 1. The molecule has 164 valence electrons. The minimum atomic E-state index is -2.95. The maximum atomic E-state index is 12.4. The van der Waals surface area contributed by atoms with Crippen molar-refractivity contribution in [2.75, 3.05) is 12.9 Å². The summed E-state index contributed by atoms with van der Waals surface area (Å²) in [5.41, 5.74) is 0.673. The van der Waals surface area contributed by atoms with Crippen LogP contribution in [0.5, 0.6) is 11.5 Å². The molecular formula is C20H20F2N4O4S. The van der Waals surface area contributed by atoms with Crippen molar-refractivity contribution in [3.63, 3.8) is 0 Å². The first-order valence-corrected chi connectivity index (χ1v) is 10.1. The Labute approximate surface area is 181 Å². The summed E-state index contributed by atoms with van der Waals surface area (Å²) in [6.07, 6.45) is 3.25. The average molecular weight is 450 g/mol. The van der Waals surface area contributed by atoms with E-state index in [0.29, 0.717) is 28.8 Å². The molecular weight excluding hydrogens is 430 g/mol. The van der Waals surface area contributed by atoms with E-state index in [1.165, 1.54) is 31.0 Å². The molecule has 0 aliphatic heterocycles. The molecule has 0 atom stereocenters. The predicted octanol–water partition coefficient (Wildman–Crippen LogP) is 3.74. The predicted molar refractivity (Wildman–Crippen MR) is 110 cm³/mol. The van der Waals surface area contributed by atoms with Crippen molar-refractivity contribution < 1.29 is 27.5 Å². The summed E-state index contributed by atoms with van der Waals surface area (Å²) in [6, 6.07) is 8.00. The van der Waals surface area contributed by atoms with Crippen LogP contribution in [0.15, 0.2) is 58.8 Å². The number of nitrogens with zero attached hydrogens (tertiary/aromatic N) is 3. The fourth-order valence-electron chi connectivity index (χ4n) is 2.67. The monoisotopic (exact) mass is 450 g/mol. The molecule has 11 heteroatoms. The van der Waals surface area contributed by atoms with Gasteiger partial charge in [0.15, 0.2) is 22.4 Å². The molecule has 0 unspecified atom stereocenters. The van der Waals surface area contributed by atoms with Crippen LogP contribution >= 0.6 is 11.8 Å². The molecule has 0 bridgehead atoms. The number of halogens is 2. The quantitative estimate of drug-likeness (QED) is 0.351. The van der Waals surface area contributed by atoms with E-state index < -0.39 is 6.61 Å². The van der Waals surface area contributed by atoms with E-state index >= 15 is 0 Å². The molecule has 1 aromatic carbocycles. The van der Waals surface area contributed by atoms with Crippen LogP contribution < -0.4 is 14.8 Å². The maximum absolute atomic E-state index is 12.4. The van der Waals surface area contributed by atoms with Gasteiger partial charge in [-0.2, -0.15) is 8.78 Å². The molecule has 3 rings (SSSR count). The van der Waals surface area contributed by atoms with Gasteiger partial charge in [0.2, 0.25) is 11.7 Å². The Balaban J connectivity index is 1.58. The van der Waals surface area contributed by atoms with E-state index in [1.807, 2.05) is 0 Å². The van der Waals surface area contributed by atoms with E-state index in [1.54, 1.807) is 35.1 Å². The summed E-state index contributed by atoms with van der Waals surface area (Å²) in [6.45, 7) is 1.44. The van der Waals surface area contributed by atoms with Crippen molar-refractivity contribution in [3.8, 4) is 23.1 Å². The minimum Gasteiger partial charge on any atom is -0.493 e. The third-order valence-corrected chi connectivity index (χ3v) is 5.00. The van der Waals surface area contributed by atoms with Crippen LogP contribution in [0.2, 0.25) is 0 Å². The first kappa shape index (κ1) is 22.3. The van der Waals surface area contributed by atoms with Gasteiger partial charge < -0.3 is 19.2 Å². The van der Waals surface area contributed by atoms with E-state index in [4.69, 9.17) is 9.15 Å². The molecule has 0 radical (unpaired) electrons. The number of furan rings is 1. The van der Waals surface area contributed by atoms with Gasteiger partial charge in [0.1, 0.15) is 0 Å². The van der Waals surface area contributed by atoms with Crippen LogP contribution in [0.1, 0.15) is 5.56 Å². The van der Waals surface area contributed by atoms with E-state index in [2.05, 4.69) is 26.8 Å². The normalized spacial score (nSPS) is 10.8. The zero-order valence-electron chi connectivity index (χ0n) is 16.6. The first-order valence-electron chi connectivity index (χ1n) is 9.11. The fraction of sp³-hybridized carbons (Fsp3) is 0.250. The SMILES string of the molecule is C=CCn1c(SCC(=O)NCc2ccc(OC(F)F)c(OC)c2)nnc1-c1ccco1. The summed E-state index contributed by atoms with van der Waals surface area (Å²) in [4.78, 5) is 12.3. The Morgan fingerprint density at radius 3 is 2.87 bits per heavy atom. The molecule has 0 saturated heterocycles. The Morgan fingerprint density at radius 1 is 1.35 bits per heavy atom. The second-order valence-electron chi connectivity index (χ2n) is 6.11. The van der Waals surface area contributed by atoms with Crippen LogP contribution in [-0.4, -0.2) is 40.1 Å². The topological polar surface area (TPSA) is 91.4 Å². The third kappa shape index (κ3) is 5.85. The lowest BCUT2D eigenvalue weighted by Crippen LogP contribution is -2.24. The Bertz CT molecular complexity index is 1020. The highest BCUT2D eigenvalue weighted by atomic mass is 32.2. The molecule has 0 aliphatic carbocycles. The number of thioether (sulfide) groups is 1. The highest BCUT2D eigenvalue weighted by molar-refractivity contribution is 7.99. The second kappa shape index (κ2) is 10.6. The van der Waals surface area contributed by atoms with Gasteiger partial charge in [-0.15, -0.1) is 16.8 Å². The second-order valence-corrected chi connectivity index (χ2v) is 7.05. The lowest BCUT2D eigenvalue weighted by Gasteiger charge is -2.12. The van der Waals surface area contributed by atoms with Gasteiger partial charge in [0, 0.05) is 13.1 Å². The van der Waals surface area contributed by atoms with Crippen molar-refractivity contribution in [1.82, 2.24) is 20.1 Å². The van der Waals surface area contributed by atoms with Gasteiger partial charge in [-0.3, -0.25) is 9.36 Å². The van der Waals surface area contributed by atoms with Crippen molar-refractivity contribution in [1.29, 1.82) is 0 Å². The summed E-state index contributed by atoms with van der Waals surface area (Å²) in [7, 11) is 1.35. The summed E-state index contributed by atoms with van der Waals surface area (Å²) in [5, 5.41) is 11.6. The number of allylic oxidation sites excluding steroid dienone is 1. The van der Waals surface area contributed by atoms with E-state index in [0.717, 1.165) is 0 Å². The minimum absolute atomic E-state index is 0.0722. The zero-order chi connectivity index (χ0) is 22.2. The number of rotatable bonds is 11. The molecule has 1 N–H and O–H groups in total. The molecule has 3 aromatic rings. The Hall–Kier alpha value is -3.34. The highest BCUT2D eigenvalue weighted by Crippen LogP contribution is 2.29. The van der Waals surface area contributed by atoms with Crippen molar-refractivity contribution >= 4 is 17.7 Å². The van der Waals surface area contributed by atoms with Gasteiger partial charge in [0.05, 0.1) is 19.1 Å². The molecule has 2 heterocycles. The molecule has 0 fully saturated rings. The third-order valence-electron chi connectivity index (χ3n) is 4.04. The van der Waals surface area contributed by atoms with Crippen molar-refractivity contribution in [3.05, 3.63) is 54.8 Å². The summed E-state index contributed by atoms with van der Waals surface area (Å²) < 4.78 is 41.5. The van der Waals surface area contributed by atoms with Gasteiger partial charge in [-0.05, 0) is 29.8 Å². The number of carbonyl (C=O) groups excluding carboxylic acids is 1. The van der Waals surface area contributed by atoms with Crippen molar-refractivity contribution in [2.24, 2.45) is 0 Å². The smallest absolute Gasteiger partial charge is 0.387 e. The molecule has 8 nitrogen and oxygen atoms in total. The van der Waals surface area contributed by atoms with E-state index in [9.17, 15) is 13.6 Å². The molecule has 2 aromatic heterocycles. The Kier molecular flexibility index (Phi) is 7.65. The lowest BCUT2D eigenvalue weighted by atomic mass is 10.2. The maximum Gasteiger partial charge on any atom is 0.387 e. The average Bonchev–Trinajstić information content (AvgIpc) is 3.41. The van der Waals surface area contributed by atoms with Crippen LogP contribution in [0.25, 0.3) is 11.6 Å². The highest BCUT2D eigenvalue weighted by Gasteiger charge is 2.17. The number of benzene rings is 1. The standard InChI is InChI=1S/C20H20F2N4O4S/c1-3-8-26-18(15-5-4-9-29-15)24-25-20(26)31-12-17(27)23-11-13-6-7-14(30-19(21)22)16(10-13)28-2/h3-7,9-10,19H,1,8,11-12H2,2H3,(H,23,27). The Morgan fingerprint density at radius 2 is 2.19 bits per heavy atom. The van der Waals surface area contributed by atoms with Crippen LogP contribution in [0.3, 0.4) is 0 Å². The number of ether oxygens (including phenoxy) is 2. The summed E-state index contributed by atoms with van der Waals surface area (Å²) >= 11 is 1.23. The van der Waals surface area contributed by atoms with Gasteiger partial charge in [0.25, 0.3) is 0 Å². The molecule has 31 heavy (non-hydrogen) atoms. The number of methoxy groups -OCH3 is 1. The molecule has 1 amide bonds. The van der Waals surface area contributed by atoms with Gasteiger partial charge in [-0.1, -0.05) is 23.9 Å². The van der Waals surface area contributed by atoms with Gasteiger partial charge in [-0.25, -0.2) is 0 Å². The molecule has 0 aliphatic rings. The molecule has 0 spiro atoms. The number of alkyl halides is 2. The summed E-state index contributed by atoms with van der Waals surface area (Å²) in [5.74, 6) is 1.08. The lowest BCUT2D eigenvalue weighted by molar-refractivity contribution is -0.118. The van der Waals surface area contributed by atoms with E-state index in [-0.39, 0.29) is 29.7 Å². The van der Waals surface area contributed by atoms with Crippen LogP contribution in [-0.2, 0) is 17.9 Å². The fourth-order valence-corrected chi connectivity index (χ4v) is 3.45. The van der Waals surface area contributed by atoms with Crippen LogP contribution in [0, 0.1) is 0 Å². The zero-order valence-corrected chi connectivity index (χ0v) is 17.4. The molecule has 0 saturated carbocycles. The number of hydrogen-bond acceptors (Lipinski definition) is 7. The van der Waals surface area contributed by atoms with Crippen LogP contribution in [0.4, 0.5) is 8.78 Å². The number of amides is 1. The van der Waals surface area contributed by atoms with Crippen molar-refractivity contribution in [2.45, 2.75) is 24.9 Å². The number of hydrogen-bond donors (Lipinski definition) is 1.